The molecule has 140 valence electrons. The fourth-order valence-corrected chi connectivity index (χ4v) is 3.64. The summed E-state index contributed by atoms with van der Waals surface area (Å²) in [6.45, 7) is 9.49. The quantitative estimate of drug-likeness (QED) is 0.858. The molecule has 0 bridgehead atoms. The third kappa shape index (κ3) is 3.88. The van der Waals surface area contributed by atoms with Gasteiger partial charge in [0.1, 0.15) is 6.54 Å². The van der Waals surface area contributed by atoms with Crippen molar-refractivity contribution < 1.29 is 19.5 Å². The van der Waals surface area contributed by atoms with Crippen LogP contribution >= 0.6 is 0 Å². The molecule has 2 aromatic rings. The maximum absolute atomic E-state index is 10.1. The number of piperazine rings is 1. The van der Waals surface area contributed by atoms with Crippen LogP contribution in [-0.4, -0.2) is 45.5 Å². The van der Waals surface area contributed by atoms with Gasteiger partial charge in [0.15, 0.2) is 11.5 Å². The lowest BCUT2D eigenvalue weighted by Gasteiger charge is -2.34. The zero-order valence-electron chi connectivity index (χ0n) is 16.1. The molecule has 1 heterocycles. The third-order valence-electron chi connectivity index (χ3n) is 5.17. The van der Waals surface area contributed by atoms with Gasteiger partial charge in [0.25, 0.3) is 0 Å². The number of rotatable bonds is 5. The lowest BCUT2D eigenvalue weighted by molar-refractivity contribution is -0.914. The zero-order valence-corrected chi connectivity index (χ0v) is 16.1. The number of aryl methyl sites for hydroxylation is 2. The summed E-state index contributed by atoms with van der Waals surface area (Å²) in [7, 11) is 3.13. The number of nitrogens with one attached hydrogen (secondary N) is 1. The average molecular weight is 357 g/mol. The van der Waals surface area contributed by atoms with Gasteiger partial charge in [-0.15, -0.1) is 0 Å². The van der Waals surface area contributed by atoms with Crippen molar-refractivity contribution in [2.45, 2.75) is 20.4 Å². The van der Waals surface area contributed by atoms with Gasteiger partial charge in [-0.05, 0) is 43.2 Å². The minimum Gasteiger partial charge on any atom is -0.502 e. The number of benzene rings is 2. The molecule has 1 fully saturated rings. The lowest BCUT2D eigenvalue weighted by atomic mass is 10.1. The van der Waals surface area contributed by atoms with Crippen LogP contribution in [0, 0.1) is 13.8 Å². The molecule has 0 unspecified atom stereocenters. The molecule has 0 aliphatic carbocycles. The summed E-state index contributed by atoms with van der Waals surface area (Å²) in [5.74, 6) is 0.994. The summed E-state index contributed by atoms with van der Waals surface area (Å²) in [6.07, 6.45) is 0. The monoisotopic (exact) mass is 357 g/mol. The van der Waals surface area contributed by atoms with Gasteiger partial charge in [-0.2, -0.15) is 0 Å². The van der Waals surface area contributed by atoms with Crippen LogP contribution < -0.4 is 19.3 Å². The van der Waals surface area contributed by atoms with E-state index in [2.05, 4.69) is 36.9 Å². The van der Waals surface area contributed by atoms with Crippen molar-refractivity contribution in [2.24, 2.45) is 0 Å². The molecule has 5 nitrogen and oxygen atoms in total. The smallest absolute Gasteiger partial charge is 0.200 e. The van der Waals surface area contributed by atoms with E-state index in [1.165, 1.54) is 21.7 Å². The molecule has 3 rings (SSSR count). The van der Waals surface area contributed by atoms with E-state index in [1.807, 2.05) is 12.1 Å². The van der Waals surface area contributed by atoms with E-state index in [-0.39, 0.29) is 5.75 Å². The summed E-state index contributed by atoms with van der Waals surface area (Å²) in [5, 5.41) is 10.1. The Morgan fingerprint density at radius 2 is 1.62 bits per heavy atom. The molecule has 0 aromatic heterocycles. The third-order valence-corrected chi connectivity index (χ3v) is 5.17. The first-order chi connectivity index (χ1) is 12.5. The van der Waals surface area contributed by atoms with E-state index in [4.69, 9.17) is 9.47 Å². The van der Waals surface area contributed by atoms with E-state index >= 15 is 0 Å². The predicted octanol–water partition coefficient (Wildman–Crippen LogP) is 1.93. The molecule has 1 aliphatic rings. The summed E-state index contributed by atoms with van der Waals surface area (Å²) in [4.78, 5) is 4.02. The van der Waals surface area contributed by atoms with Crippen LogP contribution in [0.5, 0.6) is 17.2 Å². The number of ether oxygens (including phenoxy) is 2. The number of phenols is 1. The highest BCUT2D eigenvalue weighted by Crippen LogP contribution is 2.36. The Morgan fingerprint density at radius 1 is 1.00 bits per heavy atom. The van der Waals surface area contributed by atoms with Gasteiger partial charge in [0.05, 0.1) is 40.4 Å². The van der Waals surface area contributed by atoms with Crippen LogP contribution in [0.2, 0.25) is 0 Å². The number of phenolic OH excluding ortho intramolecular Hbond substituents is 1. The molecule has 0 amide bonds. The molecule has 0 radical (unpaired) electrons. The first-order valence-corrected chi connectivity index (χ1v) is 9.11. The van der Waals surface area contributed by atoms with Crippen LogP contribution in [-0.2, 0) is 6.54 Å². The molecule has 1 saturated heterocycles. The van der Waals surface area contributed by atoms with E-state index in [9.17, 15) is 5.11 Å². The van der Waals surface area contributed by atoms with Crippen LogP contribution in [0.15, 0.2) is 30.3 Å². The number of nitrogens with zero attached hydrogens (tertiary/aromatic N) is 1. The average Bonchev–Trinajstić information content (AvgIpc) is 2.65. The second kappa shape index (κ2) is 7.87. The molecule has 5 heteroatoms. The van der Waals surface area contributed by atoms with Gasteiger partial charge in [0, 0.05) is 11.3 Å². The van der Waals surface area contributed by atoms with Gasteiger partial charge in [0.2, 0.25) is 5.75 Å². The number of methoxy groups -OCH3 is 2. The first-order valence-electron chi connectivity index (χ1n) is 9.11. The number of hydrogen-bond donors (Lipinski definition) is 2. The second-order valence-corrected chi connectivity index (χ2v) is 7.05. The molecule has 0 atom stereocenters. The fourth-order valence-electron chi connectivity index (χ4n) is 3.64. The molecule has 1 aliphatic heterocycles. The van der Waals surface area contributed by atoms with E-state index in [0.29, 0.717) is 11.5 Å². The van der Waals surface area contributed by atoms with Gasteiger partial charge < -0.3 is 24.4 Å². The zero-order chi connectivity index (χ0) is 18.7. The molecular weight excluding hydrogens is 328 g/mol. The minimum absolute atomic E-state index is 0.0634. The maximum Gasteiger partial charge on any atom is 0.200 e. The Balaban J connectivity index is 1.67. The highest BCUT2D eigenvalue weighted by atomic mass is 16.5. The van der Waals surface area contributed by atoms with Crippen molar-refractivity contribution in [3.8, 4) is 17.2 Å². The standard InChI is InChI=1S/C21H28N2O3/c1-15-5-6-16(2)18(11-15)23-9-7-22(8-10-23)14-17-12-19(25-3)21(24)20(13-17)26-4/h5-6,11-13,24H,7-10,14H2,1-4H3/p+1. The Morgan fingerprint density at radius 3 is 2.19 bits per heavy atom. The highest BCUT2D eigenvalue weighted by Gasteiger charge is 2.22. The molecule has 2 aromatic carbocycles. The summed E-state index contributed by atoms with van der Waals surface area (Å²) >= 11 is 0. The van der Waals surface area contributed by atoms with Gasteiger partial charge in [-0.25, -0.2) is 0 Å². The van der Waals surface area contributed by atoms with Crippen molar-refractivity contribution >= 4 is 5.69 Å². The summed E-state index contributed by atoms with van der Waals surface area (Å²) < 4.78 is 10.5. The first kappa shape index (κ1) is 18.4. The van der Waals surface area contributed by atoms with Gasteiger partial charge in [-0.3, -0.25) is 0 Å². The molecule has 2 N–H and O–H groups in total. The molecule has 26 heavy (non-hydrogen) atoms. The van der Waals surface area contributed by atoms with Crippen molar-refractivity contribution in [3.05, 3.63) is 47.0 Å². The lowest BCUT2D eigenvalue weighted by Crippen LogP contribution is -3.13. The number of hydrogen-bond acceptors (Lipinski definition) is 4. The Kier molecular flexibility index (Phi) is 5.57. The number of aromatic hydroxyl groups is 1. The van der Waals surface area contributed by atoms with Gasteiger partial charge >= 0.3 is 0 Å². The fraction of sp³-hybridized carbons (Fsp3) is 0.429. The number of quaternary nitrogens is 1. The van der Waals surface area contributed by atoms with E-state index in [1.54, 1.807) is 14.2 Å². The molecule has 0 saturated carbocycles. The predicted molar refractivity (Wildman–Crippen MR) is 104 cm³/mol. The Bertz CT molecular complexity index is 743. The Labute approximate surface area is 155 Å². The van der Waals surface area contributed by atoms with Gasteiger partial charge in [-0.1, -0.05) is 12.1 Å². The number of anilines is 1. The SMILES string of the molecule is COc1cc(C[NH+]2CCN(c3cc(C)ccc3C)CC2)cc(OC)c1O. The topological polar surface area (TPSA) is 46.4 Å². The molecular formula is C21H29N2O3+. The van der Waals surface area contributed by atoms with Crippen molar-refractivity contribution in [3.63, 3.8) is 0 Å². The van der Waals surface area contributed by atoms with Crippen LogP contribution in [0.25, 0.3) is 0 Å². The second-order valence-electron chi connectivity index (χ2n) is 7.05. The molecule has 0 spiro atoms. The van der Waals surface area contributed by atoms with Crippen LogP contribution in [0.1, 0.15) is 16.7 Å². The summed E-state index contributed by atoms with van der Waals surface area (Å²) in [6, 6.07) is 10.5. The largest absolute Gasteiger partial charge is 0.502 e. The van der Waals surface area contributed by atoms with Crippen molar-refractivity contribution in [1.29, 1.82) is 0 Å². The van der Waals surface area contributed by atoms with Crippen LogP contribution in [0.3, 0.4) is 0 Å². The highest BCUT2D eigenvalue weighted by molar-refractivity contribution is 5.55. The van der Waals surface area contributed by atoms with Crippen molar-refractivity contribution in [1.82, 2.24) is 0 Å². The normalized spacial score (nSPS) is 15.2. The summed E-state index contributed by atoms with van der Waals surface area (Å²) in [5.41, 5.74) is 5.12. The minimum atomic E-state index is 0.0634. The van der Waals surface area contributed by atoms with E-state index < -0.39 is 0 Å². The van der Waals surface area contributed by atoms with Crippen molar-refractivity contribution in [2.75, 3.05) is 45.3 Å². The Hall–Kier alpha value is -2.40. The maximum atomic E-state index is 10.1. The van der Waals surface area contributed by atoms with E-state index in [0.717, 1.165) is 38.3 Å². The van der Waals surface area contributed by atoms with Crippen LogP contribution in [0.4, 0.5) is 5.69 Å².